The lowest BCUT2D eigenvalue weighted by molar-refractivity contribution is 0.0945. The lowest BCUT2D eigenvalue weighted by Gasteiger charge is -2.19. The molecule has 0 radical (unpaired) electrons. The van der Waals surface area contributed by atoms with E-state index >= 15 is 0 Å². The summed E-state index contributed by atoms with van der Waals surface area (Å²) in [7, 11) is -2.16. The Morgan fingerprint density at radius 1 is 1.39 bits per heavy atom. The molecule has 3 N–H and O–H groups in total. The predicted octanol–water partition coefficient (Wildman–Crippen LogP) is 1.43. The number of halogens is 1. The average molecular weight is 293 g/mol. The molecule has 0 aliphatic heterocycles. The van der Waals surface area contributed by atoms with Crippen molar-refractivity contribution in [1.82, 2.24) is 4.72 Å². The third-order valence-corrected chi connectivity index (χ3v) is 3.96. The molecule has 0 heterocycles. The Hall–Kier alpha value is -0.820. The Balaban J connectivity index is 2.94. The van der Waals surface area contributed by atoms with Gasteiger partial charge in [0.05, 0.1) is 21.2 Å². The van der Waals surface area contributed by atoms with E-state index in [2.05, 4.69) is 10.0 Å². The van der Waals surface area contributed by atoms with Gasteiger partial charge in [-0.25, -0.2) is 13.1 Å². The number of hydrogen-bond donors (Lipinski definition) is 3. The second-order valence-electron chi connectivity index (χ2n) is 4.52. The number of sulfonamides is 1. The van der Waals surface area contributed by atoms with Gasteiger partial charge in [-0.15, -0.1) is 0 Å². The van der Waals surface area contributed by atoms with Gasteiger partial charge in [0.25, 0.3) is 0 Å². The monoisotopic (exact) mass is 292 g/mol. The zero-order valence-electron chi connectivity index (χ0n) is 10.5. The van der Waals surface area contributed by atoms with Crippen LogP contribution in [-0.4, -0.2) is 32.7 Å². The van der Waals surface area contributed by atoms with Gasteiger partial charge in [0, 0.05) is 6.54 Å². The smallest absolute Gasteiger partial charge is 0.240 e. The van der Waals surface area contributed by atoms with Crippen LogP contribution in [0.2, 0.25) is 5.02 Å². The normalized spacial score (nSPS) is 12.5. The molecule has 0 aromatic heterocycles. The first-order valence-electron chi connectivity index (χ1n) is 5.35. The zero-order valence-corrected chi connectivity index (χ0v) is 12.1. The Labute approximate surface area is 112 Å². The van der Waals surface area contributed by atoms with Crippen LogP contribution in [0.5, 0.6) is 0 Å². The second-order valence-corrected chi connectivity index (χ2v) is 6.81. The minimum atomic E-state index is -3.49. The van der Waals surface area contributed by atoms with Gasteiger partial charge < -0.3 is 10.4 Å². The van der Waals surface area contributed by atoms with Crippen molar-refractivity contribution in [2.24, 2.45) is 0 Å². The van der Waals surface area contributed by atoms with E-state index in [0.29, 0.717) is 12.2 Å². The molecule has 0 atom stereocenters. The highest BCUT2D eigenvalue weighted by atomic mass is 35.5. The van der Waals surface area contributed by atoms with Crippen molar-refractivity contribution in [3.63, 3.8) is 0 Å². The Bertz CT molecular complexity index is 524. The molecule has 1 aromatic carbocycles. The van der Waals surface area contributed by atoms with Crippen molar-refractivity contribution in [1.29, 1.82) is 0 Å². The summed E-state index contributed by atoms with van der Waals surface area (Å²) in [5, 5.41) is 12.8. The van der Waals surface area contributed by atoms with Crippen molar-refractivity contribution in [2.75, 3.05) is 18.9 Å². The van der Waals surface area contributed by atoms with Crippen LogP contribution in [0.1, 0.15) is 13.8 Å². The molecular weight excluding hydrogens is 276 g/mol. The van der Waals surface area contributed by atoms with Crippen LogP contribution in [0.4, 0.5) is 5.69 Å². The van der Waals surface area contributed by atoms with Gasteiger partial charge in [-0.05, 0) is 39.1 Å². The quantitative estimate of drug-likeness (QED) is 0.767. The van der Waals surface area contributed by atoms with E-state index in [1.807, 2.05) is 0 Å². The number of anilines is 1. The maximum Gasteiger partial charge on any atom is 0.240 e. The van der Waals surface area contributed by atoms with Crippen LogP contribution >= 0.6 is 11.6 Å². The van der Waals surface area contributed by atoms with Gasteiger partial charge in [-0.1, -0.05) is 11.6 Å². The maximum atomic E-state index is 11.6. The topological polar surface area (TPSA) is 78.4 Å². The molecule has 102 valence electrons. The minimum Gasteiger partial charge on any atom is -0.389 e. The van der Waals surface area contributed by atoms with Crippen LogP contribution in [0.15, 0.2) is 23.1 Å². The maximum absolute atomic E-state index is 11.6. The number of aliphatic hydroxyl groups is 1. The molecule has 5 nitrogen and oxygen atoms in total. The molecule has 0 saturated carbocycles. The van der Waals surface area contributed by atoms with Crippen molar-refractivity contribution < 1.29 is 13.5 Å². The largest absolute Gasteiger partial charge is 0.389 e. The Morgan fingerprint density at radius 2 is 2.00 bits per heavy atom. The second kappa shape index (κ2) is 5.44. The number of rotatable bonds is 5. The Morgan fingerprint density at radius 3 is 2.44 bits per heavy atom. The van der Waals surface area contributed by atoms with Crippen LogP contribution in [-0.2, 0) is 10.0 Å². The average Bonchev–Trinajstić information content (AvgIpc) is 2.26. The highest BCUT2D eigenvalue weighted by Crippen LogP contribution is 2.25. The predicted molar refractivity (Wildman–Crippen MR) is 72.5 cm³/mol. The van der Waals surface area contributed by atoms with E-state index in [9.17, 15) is 13.5 Å². The standard InChI is InChI=1S/C11H17ClN2O3S/c1-11(2,15)7-14-10-5-4-8(6-9(10)12)18(16,17)13-3/h4-6,13-15H,7H2,1-3H3. The molecule has 7 heteroatoms. The lowest BCUT2D eigenvalue weighted by Crippen LogP contribution is -2.29. The molecule has 1 rings (SSSR count). The molecule has 0 saturated heterocycles. The summed E-state index contributed by atoms with van der Waals surface area (Å²) in [5.41, 5.74) is -0.298. The van der Waals surface area contributed by atoms with E-state index in [4.69, 9.17) is 11.6 Å². The molecule has 0 spiro atoms. The lowest BCUT2D eigenvalue weighted by atomic mass is 10.1. The van der Waals surface area contributed by atoms with Crippen LogP contribution in [0.3, 0.4) is 0 Å². The van der Waals surface area contributed by atoms with Crippen molar-refractivity contribution in [3.8, 4) is 0 Å². The number of nitrogens with one attached hydrogen (secondary N) is 2. The first-order valence-corrected chi connectivity index (χ1v) is 7.21. The minimum absolute atomic E-state index is 0.101. The first kappa shape index (κ1) is 15.2. The third kappa shape index (κ3) is 4.13. The summed E-state index contributed by atoms with van der Waals surface area (Å²) in [6.07, 6.45) is 0. The highest BCUT2D eigenvalue weighted by molar-refractivity contribution is 7.89. The SMILES string of the molecule is CNS(=O)(=O)c1ccc(NCC(C)(C)O)c(Cl)c1. The van der Waals surface area contributed by atoms with Gasteiger partial charge in [-0.2, -0.15) is 0 Å². The summed E-state index contributed by atoms with van der Waals surface area (Å²) in [6, 6.07) is 4.38. The molecule has 1 aromatic rings. The summed E-state index contributed by atoms with van der Waals surface area (Å²) < 4.78 is 25.3. The fraction of sp³-hybridized carbons (Fsp3) is 0.455. The number of hydrogen-bond acceptors (Lipinski definition) is 4. The van der Waals surface area contributed by atoms with Crippen molar-refractivity contribution in [2.45, 2.75) is 24.3 Å². The summed E-state index contributed by atoms with van der Waals surface area (Å²) >= 11 is 5.98. The molecular formula is C11H17ClN2O3S. The third-order valence-electron chi connectivity index (χ3n) is 2.23. The van der Waals surface area contributed by atoms with E-state index in [0.717, 1.165) is 0 Å². The summed E-state index contributed by atoms with van der Waals surface area (Å²) in [5.74, 6) is 0. The van der Waals surface area contributed by atoms with Gasteiger partial charge in [0.15, 0.2) is 0 Å². The molecule has 0 bridgehead atoms. The molecule has 0 fully saturated rings. The first-order chi connectivity index (χ1) is 8.15. The fourth-order valence-electron chi connectivity index (χ4n) is 1.24. The molecule has 0 aliphatic carbocycles. The molecule has 0 amide bonds. The summed E-state index contributed by atoms with van der Waals surface area (Å²) in [6.45, 7) is 3.63. The fourth-order valence-corrected chi connectivity index (χ4v) is 2.30. The van der Waals surface area contributed by atoms with Gasteiger partial charge >= 0.3 is 0 Å². The van der Waals surface area contributed by atoms with Gasteiger partial charge in [-0.3, -0.25) is 0 Å². The molecule has 18 heavy (non-hydrogen) atoms. The highest BCUT2D eigenvalue weighted by Gasteiger charge is 2.15. The number of benzene rings is 1. The zero-order chi connectivity index (χ0) is 14.0. The molecule has 0 aliphatic rings. The van der Waals surface area contributed by atoms with Crippen LogP contribution in [0.25, 0.3) is 0 Å². The van der Waals surface area contributed by atoms with Gasteiger partial charge in [0.1, 0.15) is 0 Å². The Kier molecular flexibility index (Phi) is 4.61. The van der Waals surface area contributed by atoms with Gasteiger partial charge in [0.2, 0.25) is 10.0 Å². The van der Waals surface area contributed by atoms with Crippen LogP contribution < -0.4 is 10.0 Å². The van der Waals surface area contributed by atoms with E-state index in [-0.39, 0.29) is 9.92 Å². The molecule has 0 unspecified atom stereocenters. The van der Waals surface area contributed by atoms with Crippen molar-refractivity contribution in [3.05, 3.63) is 23.2 Å². The van der Waals surface area contributed by atoms with Crippen molar-refractivity contribution >= 4 is 27.3 Å². The van der Waals surface area contributed by atoms with Crippen LogP contribution in [0, 0.1) is 0 Å². The van der Waals surface area contributed by atoms with E-state index in [1.165, 1.54) is 19.2 Å². The van der Waals surface area contributed by atoms with E-state index < -0.39 is 15.6 Å². The van der Waals surface area contributed by atoms with E-state index in [1.54, 1.807) is 19.9 Å². The summed E-state index contributed by atoms with van der Waals surface area (Å²) in [4.78, 5) is 0.101.